The molecular weight excluding hydrogens is 428 g/mol. The summed E-state index contributed by atoms with van der Waals surface area (Å²) in [6, 6.07) is 29.1. The molecule has 0 amide bonds. The van der Waals surface area contributed by atoms with Gasteiger partial charge in [-0.2, -0.15) is 0 Å². The van der Waals surface area contributed by atoms with Crippen molar-refractivity contribution in [2.24, 2.45) is 0 Å². The first kappa shape index (κ1) is 22.8. The molecule has 0 fully saturated rings. The van der Waals surface area contributed by atoms with Crippen molar-refractivity contribution in [1.29, 1.82) is 0 Å². The molecule has 4 aromatic carbocycles. The molecule has 4 aromatic rings. The average Bonchev–Trinajstić information content (AvgIpc) is 2.84. The summed E-state index contributed by atoms with van der Waals surface area (Å²) in [7, 11) is 0. The second kappa shape index (κ2) is 10.5. The third-order valence-corrected chi connectivity index (χ3v) is 5.36. The number of carbonyl (C=O) groups excluding carboxylic acids is 1. The molecule has 0 aliphatic carbocycles. The van der Waals surface area contributed by atoms with E-state index in [4.69, 9.17) is 14.6 Å². The van der Waals surface area contributed by atoms with Gasteiger partial charge in [-0.1, -0.05) is 54.6 Å². The number of aliphatic carboxylic acids is 1. The minimum atomic E-state index is -0.816. The second-order valence-electron chi connectivity index (χ2n) is 7.85. The van der Waals surface area contributed by atoms with E-state index in [2.05, 4.69) is 0 Å². The quantitative estimate of drug-likeness (QED) is 0.282. The number of aryl methyl sites for hydroxylation is 2. The summed E-state index contributed by atoms with van der Waals surface area (Å²) < 4.78 is 12.1. The summed E-state index contributed by atoms with van der Waals surface area (Å²) in [5, 5.41) is 8.90. The van der Waals surface area contributed by atoms with Crippen LogP contribution >= 0.6 is 0 Å². The normalized spacial score (nSPS) is 10.5. The van der Waals surface area contributed by atoms with Crippen molar-refractivity contribution in [2.45, 2.75) is 19.8 Å². The number of carbonyl (C=O) groups is 2. The van der Waals surface area contributed by atoms with Gasteiger partial charge in [0.05, 0.1) is 5.56 Å². The zero-order valence-electron chi connectivity index (χ0n) is 18.7. The molecule has 5 nitrogen and oxygen atoms in total. The van der Waals surface area contributed by atoms with Crippen LogP contribution in [0.5, 0.6) is 23.0 Å². The molecule has 4 rings (SSSR count). The van der Waals surface area contributed by atoms with Crippen LogP contribution in [0.2, 0.25) is 0 Å². The number of hydrogen-bond donors (Lipinski definition) is 1. The lowest BCUT2D eigenvalue weighted by Crippen LogP contribution is -2.03. The summed E-state index contributed by atoms with van der Waals surface area (Å²) in [4.78, 5) is 23.8. The van der Waals surface area contributed by atoms with Crippen molar-refractivity contribution in [3.05, 3.63) is 119 Å². The summed E-state index contributed by atoms with van der Waals surface area (Å²) in [5.41, 5.74) is 3.02. The molecule has 0 aromatic heterocycles. The lowest BCUT2D eigenvalue weighted by molar-refractivity contribution is -0.136. The fourth-order valence-corrected chi connectivity index (χ4v) is 3.61. The highest BCUT2D eigenvalue weighted by atomic mass is 16.5. The number of hydrogen-bond acceptors (Lipinski definition) is 4. The predicted molar refractivity (Wildman–Crippen MR) is 130 cm³/mol. The summed E-state index contributed by atoms with van der Waals surface area (Å²) in [6.45, 7) is 1.93. The smallest absolute Gasteiger partial charge is 0.303 e. The lowest BCUT2D eigenvalue weighted by atomic mass is 10.0. The Morgan fingerprint density at radius 2 is 1.41 bits per heavy atom. The Kier molecular flexibility index (Phi) is 7.04. The Balaban J connectivity index is 1.51. The number of carboxylic acid groups (broad SMARTS) is 1. The number of rotatable bonds is 9. The van der Waals surface area contributed by atoms with Crippen LogP contribution in [0.25, 0.3) is 0 Å². The topological polar surface area (TPSA) is 72.8 Å². The first-order valence-electron chi connectivity index (χ1n) is 11.0. The molecule has 170 valence electrons. The summed E-state index contributed by atoms with van der Waals surface area (Å²) >= 11 is 0. The predicted octanol–water partition coefficient (Wildman–Crippen LogP) is 6.83. The SMILES string of the molecule is Cc1cc(Oc2cccc(Oc3ccccc3C(=O)c3ccccc3)c2)ccc1CCC(=O)O. The van der Waals surface area contributed by atoms with Gasteiger partial charge in [0, 0.05) is 18.1 Å². The molecule has 0 bridgehead atoms. The van der Waals surface area contributed by atoms with Crippen LogP contribution < -0.4 is 9.47 Å². The highest BCUT2D eigenvalue weighted by Crippen LogP contribution is 2.31. The number of para-hydroxylation sites is 1. The van der Waals surface area contributed by atoms with Gasteiger partial charge >= 0.3 is 5.97 Å². The van der Waals surface area contributed by atoms with Gasteiger partial charge in [0.25, 0.3) is 0 Å². The monoisotopic (exact) mass is 452 g/mol. The van der Waals surface area contributed by atoms with Gasteiger partial charge in [-0.25, -0.2) is 0 Å². The molecule has 34 heavy (non-hydrogen) atoms. The Labute approximate surface area is 198 Å². The van der Waals surface area contributed by atoms with E-state index in [-0.39, 0.29) is 12.2 Å². The van der Waals surface area contributed by atoms with Crippen molar-refractivity contribution < 1.29 is 24.2 Å². The van der Waals surface area contributed by atoms with E-state index in [0.717, 1.165) is 11.1 Å². The maximum absolute atomic E-state index is 13.0. The third kappa shape index (κ3) is 5.70. The van der Waals surface area contributed by atoms with Gasteiger partial charge in [0.2, 0.25) is 0 Å². The zero-order chi connectivity index (χ0) is 23.9. The van der Waals surface area contributed by atoms with Crippen LogP contribution in [-0.4, -0.2) is 16.9 Å². The molecule has 0 aliphatic heterocycles. The Bertz CT molecular complexity index is 1310. The van der Waals surface area contributed by atoms with Gasteiger partial charge in [-0.15, -0.1) is 0 Å². The van der Waals surface area contributed by atoms with E-state index >= 15 is 0 Å². The summed E-state index contributed by atoms with van der Waals surface area (Å²) in [6.07, 6.45) is 0.570. The molecule has 0 radical (unpaired) electrons. The molecule has 1 N–H and O–H groups in total. The van der Waals surface area contributed by atoms with Crippen molar-refractivity contribution in [3.63, 3.8) is 0 Å². The van der Waals surface area contributed by atoms with E-state index in [1.54, 1.807) is 36.4 Å². The minimum absolute atomic E-state index is 0.0919. The number of ether oxygens (including phenoxy) is 2. The fraction of sp³-hybridized carbons (Fsp3) is 0.103. The molecular formula is C29H24O5. The van der Waals surface area contributed by atoms with Crippen molar-refractivity contribution >= 4 is 11.8 Å². The first-order chi connectivity index (χ1) is 16.5. The molecule has 0 heterocycles. The highest BCUT2D eigenvalue weighted by Gasteiger charge is 2.15. The van der Waals surface area contributed by atoms with Crippen LogP contribution in [0.15, 0.2) is 97.1 Å². The average molecular weight is 453 g/mol. The Morgan fingerprint density at radius 1 is 0.735 bits per heavy atom. The maximum Gasteiger partial charge on any atom is 0.303 e. The van der Waals surface area contributed by atoms with Crippen LogP contribution in [0.3, 0.4) is 0 Å². The number of benzene rings is 4. The minimum Gasteiger partial charge on any atom is -0.481 e. The Morgan fingerprint density at radius 3 is 2.15 bits per heavy atom. The van der Waals surface area contributed by atoms with Gasteiger partial charge in [-0.05, 0) is 60.9 Å². The van der Waals surface area contributed by atoms with Crippen molar-refractivity contribution in [1.82, 2.24) is 0 Å². The molecule has 0 spiro atoms. The van der Waals surface area contributed by atoms with E-state index in [0.29, 0.717) is 40.5 Å². The maximum atomic E-state index is 13.0. The molecule has 5 heteroatoms. The van der Waals surface area contributed by atoms with Gasteiger partial charge in [0.15, 0.2) is 5.78 Å². The molecule has 0 atom stereocenters. The standard InChI is InChI=1S/C29H24O5/c1-20-18-25(16-14-21(20)15-17-28(30)31)33-23-10-7-11-24(19-23)34-27-13-6-5-12-26(27)29(32)22-8-3-2-4-9-22/h2-14,16,18-19H,15,17H2,1H3,(H,30,31). The van der Waals surface area contributed by atoms with E-state index < -0.39 is 5.97 Å². The lowest BCUT2D eigenvalue weighted by Gasteiger charge is -2.13. The summed E-state index contributed by atoms with van der Waals surface area (Å²) in [5.74, 6) is 1.31. The molecule has 0 saturated carbocycles. The van der Waals surface area contributed by atoms with Gasteiger partial charge < -0.3 is 14.6 Å². The largest absolute Gasteiger partial charge is 0.481 e. The van der Waals surface area contributed by atoms with Crippen molar-refractivity contribution in [2.75, 3.05) is 0 Å². The second-order valence-corrected chi connectivity index (χ2v) is 7.85. The van der Waals surface area contributed by atoms with Gasteiger partial charge in [-0.3, -0.25) is 9.59 Å². The molecule has 0 unspecified atom stereocenters. The van der Waals surface area contributed by atoms with Crippen LogP contribution in [-0.2, 0) is 11.2 Å². The van der Waals surface area contributed by atoms with E-state index in [1.165, 1.54) is 0 Å². The van der Waals surface area contributed by atoms with Gasteiger partial charge in [0.1, 0.15) is 23.0 Å². The third-order valence-electron chi connectivity index (χ3n) is 5.36. The van der Waals surface area contributed by atoms with E-state index in [1.807, 2.05) is 67.6 Å². The fourth-order valence-electron chi connectivity index (χ4n) is 3.61. The molecule has 0 saturated heterocycles. The first-order valence-corrected chi connectivity index (χ1v) is 11.0. The zero-order valence-corrected chi connectivity index (χ0v) is 18.7. The molecule has 0 aliphatic rings. The van der Waals surface area contributed by atoms with Crippen LogP contribution in [0.1, 0.15) is 33.5 Å². The number of carboxylic acids is 1. The number of ketones is 1. The van der Waals surface area contributed by atoms with Crippen LogP contribution in [0, 0.1) is 6.92 Å². The Hall–Kier alpha value is -4.38. The van der Waals surface area contributed by atoms with Crippen molar-refractivity contribution in [3.8, 4) is 23.0 Å². The van der Waals surface area contributed by atoms with Crippen LogP contribution in [0.4, 0.5) is 0 Å². The highest BCUT2D eigenvalue weighted by molar-refractivity contribution is 6.10. The van der Waals surface area contributed by atoms with E-state index in [9.17, 15) is 9.59 Å².